The average molecular weight is 277 g/mol. The van der Waals surface area contributed by atoms with Crippen molar-refractivity contribution in [1.82, 2.24) is 14.8 Å². The first-order valence-electron chi connectivity index (χ1n) is 6.04. The Hall–Kier alpha value is -1.95. The quantitative estimate of drug-likeness (QED) is 0.689. The first-order chi connectivity index (χ1) is 9.15. The number of nitrogens with one attached hydrogen (secondary N) is 1. The van der Waals surface area contributed by atoms with E-state index in [0.29, 0.717) is 17.2 Å². The number of rotatable bonds is 4. The lowest BCUT2D eigenvalue weighted by atomic mass is 10.2. The lowest BCUT2D eigenvalue weighted by Gasteiger charge is -2.14. The molecule has 100 valence electrons. The van der Waals surface area contributed by atoms with E-state index in [1.165, 1.54) is 0 Å². The smallest absolute Gasteiger partial charge is 0.328 e. The van der Waals surface area contributed by atoms with Crippen LogP contribution in [-0.4, -0.2) is 27.3 Å². The molecule has 0 aliphatic rings. The van der Waals surface area contributed by atoms with Crippen LogP contribution in [0.2, 0.25) is 0 Å². The summed E-state index contributed by atoms with van der Waals surface area (Å²) in [6.45, 7) is 3.86. The van der Waals surface area contributed by atoms with Crippen molar-refractivity contribution in [2.75, 3.05) is 6.61 Å². The van der Waals surface area contributed by atoms with Crippen LogP contribution in [0.25, 0.3) is 11.4 Å². The average Bonchev–Trinajstić information content (AvgIpc) is 2.81. The third kappa shape index (κ3) is 2.73. The van der Waals surface area contributed by atoms with Gasteiger partial charge in [-0.25, -0.2) is 4.79 Å². The Morgan fingerprint density at radius 3 is 2.79 bits per heavy atom. The highest BCUT2D eigenvalue weighted by Gasteiger charge is 2.21. The highest BCUT2D eigenvalue weighted by atomic mass is 32.1. The van der Waals surface area contributed by atoms with Gasteiger partial charge in [0.2, 0.25) is 0 Å². The fraction of sp³-hybridized carbons (Fsp3) is 0.308. The number of esters is 1. The molecular weight excluding hydrogens is 262 g/mol. The van der Waals surface area contributed by atoms with Crippen molar-refractivity contribution in [2.45, 2.75) is 19.9 Å². The number of hydrogen-bond donors (Lipinski definition) is 1. The minimum Gasteiger partial charge on any atom is -0.464 e. The largest absolute Gasteiger partial charge is 0.464 e. The molecule has 2 aromatic rings. The number of nitrogens with zero attached hydrogens (tertiary/aromatic N) is 2. The number of ether oxygens (including phenoxy) is 1. The lowest BCUT2D eigenvalue weighted by Crippen LogP contribution is -2.20. The van der Waals surface area contributed by atoms with Crippen LogP contribution in [0.4, 0.5) is 0 Å². The number of hydrogen-bond acceptors (Lipinski definition) is 4. The van der Waals surface area contributed by atoms with E-state index >= 15 is 0 Å². The van der Waals surface area contributed by atoms with E-state index in [9.17, 15) is 4.79 Å². The number of carbonyl (C=O) groups is 1. The summed E-state index contributed by atoms with van der Waals surface area (Å²) in [5, 5.41) is 6.91. The normalized spacial score (nSPS) is 12.1. The highest BCUT2D eigenvalue weighted by molar-refractivity contribution is 7.71. The van der Waals surface area contributed by atoms with Gasteiger partial charge in [-0.15, -0.1) is 0 Å². The van der Waals surface area contributed by atoms with Crippen molar-refractivity contribution in [1.29, 1.82) is 0 Å². The maximum atomic E-state index is 11.8. The number of H-pyrrole nitrogens is 1. The summed E-state index contributed by atoms with van der Waals surface area (Å²) < 4.78 is 7.10. The summed E-state index contributed by atoms with van der Waals surface area (Å²) >= 11 is 5.19. The van der Waals surface area contributed by atoms with Crippen LogP contribution >= 0.6 is 12.2 Å². The van der Waals surface area contributed by atoms with Crippen LogP contribution in [0.5, 0.6) is 0 Å². The zero-order valence-corrected chi connectivity index (χ0v) is 11.6. The van der Waals surface area contributed by atoms with E-state index in [-0.39, 0.29) is 5.97 Å². The second kappa shape index (κ2) is 5.79. The maximum absolute atomic E-state index is 11.8. The molecule has 1 aromatic heterocycles. The second-order valence-electron chi connectivity index (χ2n) is 4.02. The predicted octanol–water partition coefficient (Wildman–Crippen LogP) is 2.73. The highest BCUT2D eigenvalue weighted by Crippen LogP contribution is 2.21. The molecule has 0 aliphatic carbocycles. The molecular formula is C13H15N3O2S. The van der Waals surface area contributed by atoms with Gasteiger partial charge in [-0.3, -0.25) is 9.67 Å². The van der Waals surface area contributed by atoms with Crippen molar-refractivity contribution >= 4 is 18.2 Å². The molecule has 2 rings (SSSR count). The lowest BCUT2D eigenvalue weighted by molar-refractivity contribution is -0.146. The van der Waals surface area contributed by atoms with Gasteiger partial charge in [-0.2, -0.15) is 5.10 Å². The Morgan fingerprint density at radius 1 is 1.47 bits per heavy atom. The van der Waals surface area contributed by atoms with E-state index in [4.69, 9.17) is 17.0 Å². The molecule has 0 fully saturated rings. The van der Waals surface area contributed by atoms with E-state index in [1.54, 1.807) is 18.4 Å². The Morgan fingerprint density at radius 2 is 2.16 bits per heavy atom. The molecule has 0 bridgehead atoms. The summed E-state index contributed by atoms with van der Waals surface area (Å²) in [6.07, 6.45) is 0. The summed E-state index contributed by atoms with van der Waals surface area (Å²) in [6, 6.07) is 9.06. The van der Waals surface area contributed by atoms with Gasteiger partial charge < -0.3 is 4.74 Å². The number of carbonyl (C=O) groups excluding carboxylic acids is 1. The molecule has 1 heterocycles. The third-order valence-corrected chi connectivity index (χ3v) is 3.04. The van der Waals surface area contributed by atoms with E-state index in [2.05, 4.69) is 10.2 Å². The number of benzene rings is 1. The van der Waals surface area contributed by atoms with Gasteiger partial charge in [-0.05, 0) is 26.1 Å². The van der Waals surface area contributed by atoms with Crippen molar-refractivity contribution in [3.05, 3.63) is 35.1 Å². The molecule has 0 aliphatic heterocycles. The Labute approximate surface area is 116 Å². The Bertz CT molecular complexity index is 618. The number of aromatic amines is 1. The summed E-state index contributed by atoms with van der Waals surface area (Å²) in [4.78, 5) is 11.8. The van der Waals surface area contributed by atoms with Crippen molar-refractivity contribution in [3.8, 4) is 11.4 Å². The summed E-state index contributed by atoms with van der Waals surface area (Å²) in [7, 11) is 0. The minimum atomic E-state index is -0.513. The molecule has 1 unspecified atom stereocenters. The van der Waals surface area contributed by atoms with Crippen LogP contribution in [0.1, 0.15) is 19.9 Å². The summed E-state index contributed by atoms with van der Waals surface area (Å²) in [5.74, 6) is 0.309. The monoisotopic (exact) mass is 277 g/mol. The van der Waals surface area contributed by atoms with E-state index in [1.807, 2.05) is 30.3 Å². The topological polar surface area (TPSA) is 59.9 Å². The summed E-state index contributed by atoms with van der Waals surface area (Å²) in [5.41, 5.74) is 0.894. The van der Waals surface area contributed by atoms with Gasteiger partial charge in [-0.1, -0.05) is 30.3 Å². The van der Waals surface area contributed by atoms with Crippen LogP contribution < -0.4 is 0 Å². The molecule has 0 amide bonds. The van der Waals surface area contributed by atoms with E-state index < -0.39 is 6.04 Å². The van der Waals surface area contributed by atoms with Crippen LogP contribution in [0.15, 0.2) is 30.3 Å². The van der Waals surface area contributed by atoms with Gasteiger partial charge in [0.15, 0.2) is 10.6 Å². The molecule has 5 nitrogen and oxygen atoms in total. The molecule has 6 heteroatoms. The Kier molecular flexibility index (Phi) is 4.11. The van der Waals surface area contributed by atoms with Crippen LogP contribution in [0.3, 0.4) is 0 Å². The first-order valence-corrected chi connectivity index (χ1v) is 6.45. The Balaban J connectivity index is 2.44. The molecule has 1 aromatic carbocycles. The van der Waals surface area contributed by atoms with Crippen LogP contribution in [0, 0.1) is 4.77 Å². The van der Waals surface area contributed by atoms with E-state index in [0.717, 1.165) is 5.56 Å². The zero-order chi connectivity index (χ0) is 13.8. The van der Waals surface area contributed by atoms with Crippen molar-refractivity contribution < 1.29 is 9.53 Å². The minimum absolute atomic E-state index is 0.322. The van der Waals surface area contributed by atoms with Crippen molar-refractivity contribution in [3.63, 3.8) is 0 Å². The molecule has 19 heavy (non-hydrogen) atoms. The third-order valence-electron chi connectivity index (χ3n) is 2.75. The maximum Gasteiger partial charge on any atom is 0.328 e. The second-order valence-corrected chi connectivity index (χ2v) is 4.40. The van der Waals surface area contributed by atoms with Gasteiger partial charge in [0, 0.05) is 5.56 Å². The molecule has 1 N–H and O–H groups in total. The molecule has 0 saturated heterocycles. The fourth-order valence-electron chi connectivity index (χ4n) is 1.82. The molecule has 0 spiro atoms. The van der Waals surface area contributed by atoms with Gasteiger partial charge >= 0.3 is 5.97 Å². The number of aromatic nitrogens is 3. The van der Waals surface area contributed by atoms with Gasteiger partial charge in [0.1, 0.15) is 6.04 Å². The zero-order valence-electron chi connectivity index (χ0n) is 10.8. The molecule has 1 atom stereocenters. The standard InChI is InChI=1S/C13H15N3O2S/c1-3-18-12(17)9(2)16-11(14-15-13(16)19)10-7-5-4-6-8-10/h4-9H,3H2,1-2H3,(H,15,19). The van der Waals surface area contributed by atoms with Crippen molar-refractivity contribution in [2.24, 2.45) is 0 Å². The van der Waals surface area contributed by atoms with Gasteiger partial charge in [0.25, 0.3) is 0 Å². The SMILES string of the molecule is CCOC(=O)C(C)n1c(-c2ccccc2)n[nH]c1=S. The molecule has 0 radical (unpaired) electrons. The predicted molar refractivity (Wildman–Crippen MR) is 74.2 cm³/mol. The van der Waals surface area contributed by atoms with Crippen LogP contribution in [-0.2, 0) is 9.53 Å². The fourth-order valence-corrected chi connectivity index (χ4v) is 2.11. The molecule has 0 saturated carbocycles. The first kappa shape index (κ1) is 13.5. The van der Waals surface area contributed by atoms with Gasteiger partial charge in [0.05, 0.1) is 6.61 Å².